The summed E-state index contributed by atoms with van der Waals surface area (Å²) in [6.07, 6.45) is 0. The Morgan fingerprint density at radius 3 is 2.05 bits per heavy atom. The van der Waals surface area contributed by atoms with Crippen molar-refractivity contribution in [2.24, 2.45) is 0 Å². The number of ether oxygens (including phenoxy) is 1. The van der Waals surface area contributed by atoms with Crippen molar-refractivity contribution in [3.63, 3.8) is 0 Å². The Bertz CT molecular complexity index is 714. The molecule has 0 unspecified atom stereocenters. The van der Waals surface area contributed by atoms with E-state index >= 15 is 0 Å². The molecule has 108 valence electrons. The van der Waals surface area contributed by atoms with Crippen LogP contribution in [0.5, 0.6) is 0 Å². The maximum absolute atomic E-state index is 12.1. The van der Waals surface area contributed by atoms with Gasteiger partial charge in [-0.3, -0.25) is 0 Å². The Balaban J connectivity index is 2.28. The van der Waals surface area contributed by atoms with Gasteiger partial charge in [0.15, 0.2) is 0 Å². The molecule has 2 rings (SSSR count). The first-order valence-electron chi connectivity index (χ1n) is 5.56. The Hall–Kier alpha value is -0.500. The van der Waals surface area contributed by atoms with E-state index in [9.17, 15) is 9.59 Å². The molecule has 0 spiro atoms. The molecular formula is C14H6Br4O3. The molecule has 0 aromatic heterocycles. The van der Waals surface area contributed by atoms with Gasteiger partial charge in [0.05, 0.1) is 11.1 Å². The Morgan fingerprint density at radius 1 is 0.810 bits per heavy atom. The van der Waals surface area contributed by atoms with Crippen LogP contribution in [0.2, 0.25) is 0 Å². The predicted molar refractivity (Wildman–Crippen MR) is 93.4 cm³/mol. The van der Waals surface area contributed by atoms with Gasteiger partial charge in [0.2, 0.25) is 0 Å². The fourth-order valence-corrected chi connectivity index (χ4v) is 3.67. The molecule has 0 aliphatic carbocycles. The molecular weight excluding hydrogens is 536 g/mol. The van der Waals surface area contributed by atoms with Gasteiger partial charge in [0.1, 0.15) is 0 Å². The monoisotopic (exact) mass is 538 g/mol. The van der Waals surface area contributed by atoms with Crippen molar-refractivity contribution in [3.8, 4) is 0 Å². The van der Waals surface area contributed by atoms with E-state index in [2.05, 4.69) is 63.7 Å². The summed E-state index contributed by atoms with van der Waals surface area (Å²) in [7, 11) is 0. The van der Waals surface area contributed by atoms with E-state index in [1.807, 2.05) is 0 Å². The molecule has 0 bridgehead atoms. The normalized spacial score (nSPS) is 10.3. The largest absolute Gasteiger partial charge is 0.386 e. The van der Waals surface area contributed by atoms with Gasteiger partial charge < -0.3 is 4.74 Å². The average Bonchev–Trinajstić information content (AvgIpc) is 2.49. The van der Waals surface area contributed by atoms with Crippen LogP contribution >= 0.6 is 63.7 Å². The third kappa shape index (κ3) is 3.83. The summed E-state index contributed by atoms with van der Waals surface area (Å²) in [5, 5.41) is 0. The maximum Gasteiger partial charge on any atom is 0.347 e. The SMILES string of the molecule is O=C(OC(=O)c1cc(Br)c(Br)c(Br)c1Br)c1ccccc1. The smallest absolute Gasteiger partial charge is 0.347 e. The van der Waals surface area contributed by atoms with Crippen LogP contribution in [0.15, 0.2) is 54.3 Å². The quantitative estimate of drug-likeness (QED) is 0.211. The molecule has 2 aromatic rings. The highest BCUT2D eigenvalue weighted by Gasteiger charge is 2.21. The molecule has 0 saturated carbocycles. The lowest BCUT2D eigenvalue weighted by molar-refractivity contribution is 0.0397. The van der Waals surface area contributed by atoms with Gasteiger partial charge in [-0.1, -0.05) is 18.2 Å². The fourth-order valence-electron chi connectivity index (χ4n) is 1.49. The Kier molecular flexibility index (Phi) is 5.76. The molecule has 0 radical (unpaired) electrons. The van der Waals surface area contributed by atoms with Crippen LogP contribution in [0.25, 0.3) is 0 Å². The molecule has 0 saturated heterocycles. The van der Waals surface area contributed by atoms with Crippen LogP contribution in [0.4, 0.5) is 0 Å². The minimum absolute atomic E-state index is 0.237. The Labute approximate surface area is 154 Å². The van der Waals surface area contributed by atoms with Gasteiger partial charge in [-0.15, -0.1) is 0 Å². The summed E-state index contributed by atoms with van der Waals surface area (Å²) >= 11 is 13.3. The number of benzene rings is 2. The molecule has 0 fully saturated rings. The van der Waals surface area contributed by atoms with Crippen LogP contribution in [-0.4, -0.2) is 11.9 Å². The molecule has 7 heteroatoms. The molecule has 21 heavy (non-hydrogen) atoms. The highest BCUT2D eigenvalue weighted by molar-refractivity contribution is 9.15. The minimum Gasteiger partial charge on any atom is -0.386 e. The standard InChI is InChI=1S/C14H6Br4O3/c15-9-6-8(10(16)12(18)11(9)17)14(20)21-13(19)7-4-2-1-3-5-7/h1-6H. The van der Waals surface area contributed by atoms with Gasteiger partial charge in [-0.2, -0.15) is 0 Å². The molecule has 0 amide bonds. The van der Waals surface area contributed by atoms with Crippen LogP contribution in [0.3, 0.4) is 0 Å². The van der Waals surface area contributed by atoms with Gasteiger partial charge >= 0.3 is 11.9 Å². The lowest BCUT2D eigenvalue weighted by Gasteiger charge is -2.09. The second-order valence-electron chi connectivity index (χ2n) is 3.89. The topological polar surface area (TPSA) is 43.4 Å². The predicted octanol–water partition coefficient (Wildman–Crippen LogP) is 5.73. The third-order valence-corrected chi connectivity index (χ3v) is 7.18. The molecule has 2 aromatic carbocycles. The Morgan fingerprint density at radius 2 is 1.43 bits per heavy atom. The molecule has 3 nitrogen and oxygen atoms in total. The van der Waals surface area contributed by atoms with Crippen molar-refractivity contribution in [1.29, 1.82) is 0 Å². The molecule has 0 heterocycles. The third-order valence-electron chi connectivity index (χ3n) is 2.52. The van der Waals surface area contributed by atoms with Crippen LogP contribution in [-0.2, 0) is 4.74 Å². The summed E-state index contributed by atoms with van der Waals surface area (Å²) in [6, 6.07) is 9.90. The summed E-state index contributed by atoms with van der Waals surface area (Å²) in [5.41, 5.74) is 0.554. The number of halogens is 4. The summed E-state index contributed by atoms with van der Waals surface area (Å²) in [5.74, 6) is -1.42. The second-order valence-corrected chi connectivity index (χ2v) is 7.12. The lowest BCUT2D eigenvalue weighted by Crippen LogP contribution is -2.13. The average molecular weight is 542 g/mol. The van der Waals surface area contributed by atoms with Crippen molar-refractivity contribution >= 4 is 75.7 Å². The number of hydrogen-bond acceptors (Lipinski definition) is 3. The molecule has 0 aliphatic rings. The van der Waals surface area contributed by atoms with Gasteiger partial charge in [-0.05, 0) is 81.9 Å². The number of carbonyl (C=O) groups is 2. The van der Waals surface area contributed by atoms with E-state index in [0.29, 0.717) is 19.0 Å². The van der Waals surface area contributed by atoms with Crippen LogP contribution in [0.1, 0.15) is 20.7 Å². The fraction of sp³-hybridized carbons (Fsp3) is 0. The van der Waals surface area contributed by atoms with Crippen molar-refractivity contribution < 1.29 is 14.3 Å². The second kappa shape index (κ2) is 7.17. The van der Waals surface area contributed by atoms with Crippen LogP contribution in [0, 0.1) is 0 Å². The van der Waals surface area contributed by atoms with E-state index in [4.69, 9.17) is 4.74 Å². The molecule has 0 atom stereocenters. The molecule has 0 aliphatic heterocycles. The summed E-state index contributed by atoms with van der Waals surface area (Å²) < 4.78 is 7.45. The zero-order valence-corrected chi connectivity index (χ0v) is 16.5. The van der Waals surface area contributed by atoms with Crippen molar-refractivity contribution in [3.05, 3.63) is 65.4 Å². The first-order valence-corrected chi connectivity index (χ1v) is 8.73. The summed E-state index contributed by atoms with van der Waals surface area (Å²) in [6.45, 7) is 0. The number of esters is 2. The maximum atomic E-state index is 12.1. The zero-order chi connectivity index (χ0) is 15.6. The number of hydrogen-bond donors (Lipinski definition) is 0. The van der Waals surface area contributed by atoms with E-state index in [1.165, 1.54) is 0 Å². The van der Waals surface area contributed by atoms with E-state index < -0.39 is 11.9 Å². The first-order chi connectivity index (χ1) is 9.91. The van der Waals surface area contributed by atoms with E-state index in [-0.39, 0.29) is 5.56 Å². The highest BCUT2D eigenvalue weighted by atomic mass is 79.9. The van der Waals surface area contributed by atoms with Crippen molar-refractivity contribution in [2.45, 2.75) is 0 Å². The lowest BCUT2D eigenvalue weighted by atomic mass is 10.2. The van der Waals surface area contributed by atoms with Crippen molar-refractivity contribution in [2.75, 3.05) is 0 Å². The summed E-state index contributed by atoms with van der Waals surface area (Å²) in [4.78, 5) is 24.0. The van der Waals surface area contributed by atoms with Gasteiger partial charge in [-0.25, -0.2) is 9.59 Å². The van der Waals surface area contributed by atoms with E-state index in [0.717, 1.165) is 4.47 Å². The number of rotatable bonds is 2. The van der Waals surface area contributed by atoms with Gasteiger partial charge in [0, 0.05) is 17.9 Å². The highest BCUT2D eigenvalue weighted by Crippen LogP contribution is 2.39. The van der Waals surface area contributed by atoms with Crippen molar-refractivity contribution in [1.82, 2.24) is 0 Å². The van der Waals surface area contributed by atoms with E-state index in [1.54, 1.807) is 36.4 Å². The number of carbonyl (C=O) groups excluding carboxylic acids is 2. The van der Waals surface area contributed by atoms with Gasteiger partial charge in [0.25, 0.3) is 0 Å². The minimum atomic E-state index is -0.732. The van der Waals surface area contributed by atoms with Crippen LogP contribution < -0.4 is 0 Å². The zero-order valence-electron chi connectivity index (χ0n) is 10.2. The molecule has 0 N–H and O–H groups in total. The first kappa shape index (κ1) is 16.9.